The second-order valence-electron chi connectivity index (χ2n) is 4.86. The van der Waals surface area contributed by atoms with Crippen LogP contribution in [0.1, 0.15) is 18.9 Å². The van der Waals surface area contributed by atoms with E-state index in [1.165, 1.54) is 12.1 Å². The third-order valence-corrected chi connectivity index (χ3v) is 2.98. The average Bonchev–Trinajstić information content (AvgIpc) is 2.69. The van der Waals surface area contributed by atoms with Crippen molar-refractivity contribution in [2.24, 2.45) is 10.7 Å². The van der Waals surface area contributed by atoms with Crippen molar-refractivity contribution in [3.8, 4) is 5.75 Å². The van der Waals surface area contributed by atoms with Gasteiger partial charge in [-0.3, -0.25) is 0 Å². The summed E-state index contributed by atoms with van der Waals surface area (Å²) in [5, 5.41) is 0. The van der Waals surface area contributed by atoms with Crippen LogP contribution in [0, 0.1) is 0 Å². The fraction of sp³-hybridized carbons (Fsp3) is 0.462. The first-order chi connectivity index (χ1) is 9.28. The van der Waals surface area contributed by atoms with Crippen LogP contribution in [0.2, 0.25) is 0 Å². The Hall–Kier alpha value is -1.92. The highest BCUT2D eigenvalue weighted by Gasteiger charge is 2.32. The number of nitrogens with two attached hydrogens (primary N) is 1. The molecule has 0 spiro atoms. The van der Waals surface area contributed by atoms with Gasteiger partial charge >= 0.3 is 6.18 Å². The SMILES string of the molecule is C[C@]1(CCOc2cccc(C(F)(F)F)c2)COC(N)=N1. The molecule has 0 aliphatic carbocycles. The summed E-state index contributed by atoms with van der Waals surface area (Å²) in [7, 11) is 0. The summed E-state index contributed by atoms with van der Waals surface area (Å²) in [6.07, 6.45) is -3.87. The summed E-state index contributed by atoms with van der Waals surface area (Å²) in [4.78, 5) is 4.12. The molecule has 2 N–H and O–H groups in total. The second kappa shape index (κ2) is 5.22. The lowest BCUT2D eigenvalue weighted by Crippen LogP contribution is -2.26. The molecule has 1 aromatic carbocycles. The Bertz CT molecular complexity index is 517. The molecule has 20 heavy (non-hydrogen) atoms. The summed E-state index contributed by atoms with van der Waals surface area (Å²) in [6, 6.07) is 4.91. The first-order valence-corrected chi connectivity index (χ1v) is 6.07. The van der Waals surface area contributed by atoms with Crippen molar-refractivity contribution < 1.29 is 22.6 Å². The third kappa shape index (κ3) is 3.55. The van der Waals surface area contributed by atoms with Crippen LogP contribution in [-0.4, -0.2) is 24.8 Å². The Balaban J connectivity index is 1.92. The molecule has 1 aromatic rings. The molecule has 0 saturated carbocycles. The number of alkyl halides is 3. The molecule has 0 amide bonds. The van der Waals surface area contributed by atoms with Crippen molar-refractivity contribution >= 4 is 6.02 Å². The summed E-state index contributed by atoms with van der Waals surface area (Å²) in [6.45, 7) is 2.44. The Labute approximate surface area is 114 Å². The highest BCUT2D eigenvalue weighted by Crippen LogP contribution is 2.31. The zero-order valence-electron chi connectivity index (χ0n) is 10.9. The van der Waals surface area contributed by atoms with Gasteiger partial charge in [0.25, 0.3) is 6.02 Å². The van der Waals surface area contributed by atoms with Gasteiger partial charge in [0.15, 0.2) is 0 Å². The van der Waals surface area contributed by atoms with Gasteiger partial charge in [0, 0.05) is 6.42 Å². The molecule has 110 valence electrons. The van der Waals surface area contributed by atoms with Crippen molar-refractivity contribution in [2.45, 2.75) is 25.1 Å². The molecule has 1 heterocycles. The van der Waals surface area contributed by atoms with Crippen LogP contribution in [-0.2, 0) is 10.9 Å². The number of benzene rings is 1. The van der Waals surface area contributed by atoms with E-state index in [2.05, 4.69) is 4.99 Å². The van der Waals surface area contributed by atoms with Gasteiger partial charge in [0.1, 0.15) is 17.9 Å². The maximum atomic E-state index is 12.5. The van der Waals surface area contributed by atoms with E-state index in [0.717, 1.165) is 12.1 Å². The van der Waals surface area contributed by atoms with E-state index in [1.807, 2.05) is 6.92 Å². The Morgan fingerprint density at radius 2 is 2.20 bits per heavy atom. The molecule has 0 aromatic heterocycles. The van der Waals surface area contributed by atoms with Crippen LogP contribution in [0.15, 0.2) is 29.3 Å². The van der Waals surface area contributed by atoms with E-state index in [9.17, 15) is 13.2 Å². The van der Waals surface area contributed by atoms with Gasteiger partial charge in [-0.2, -0.15) is 13.2 Å². The third-order valence-electron chi connectivity index (χ3n) is 2.98. The normalized spacial score (nSPS) is 22.3. The topological polar surface area (TPSA) is 56.8 Å². The monoisotopic (exact) mass is 288 g/mol. The average molecular weight is 288 g/mol. The molecule has 0 saturated heterocycles. The van der Waals surface area contributed by atoms with Crippen molar-refractivity contribution in [3.05, 3.63) is 29.8 Å². The van der Waals surface area contributed by atoms with Crippen molar-refractivity contribution in [1.29, 1.82) is 0 Å². The van der Waals surface area contributed by atoms with E-state index < -0.39 is 17.3 Å². The van der Waals surface area contributed by atoms with Crippen LogP contribution >= 0.6 is 0 Å². The molecular weight excluding hydrogens is 273 g/mol. The molecule has 1 atom stereocenters. The highest BCUT2D eigenvalue weighted by molar-refractivity contribution is 5.73. The van der Waals surface area contributed by atoms with E-state index in [-0.39, 0.29) is 18.4 Å². The summed E-state index contributed by atoms with van der Waals surface area (Å²) in [5.41, 5.74) is 4.21. The number of nitrogens with zero attached hydrogens (tertiary/aromatic N) is 1. The molecule has 1 aliphatic heterocycles. The van der Waals surface area contributed by atoms with E-state index >= 15 is 0 Å². The van der Waals surface area contributed by atoms with Gasteiger partial charge in [0.05, 0.1) is 12.2 Å². The number of amidine groups is 1. The first kappa shape index (κ1) is 14.5. The van der Waals surface area contributed by atoms with Crippen LogP contribution in [0.5, 0.6) is 5.75 Å². The lowest BCUT2D eigenvalue weighted by atomic mass is 10.0. The standard InChI is InChI=1S/C13H15F3N2O2/c1-12(8-20-11(17)18-12)5-6-19-10-4-2-3-9(7-10)13(14,15)16/h2-4,7H,5-6,8H2,1H3,(H2,17,18)/t12-/m0/s1. The van der Waals surface area contributed by atoms with Crippen molar-refractivity contribution in [3.63, 3.8) is 0 Å². The quantitative estimate of drug-likeness (QED) is 0.926. The number of rotatable bonds is 4. The van der Waals surface area contributed by atoms with Gasteiger partial charge in [-0.25, -0.2) is 4.99 Å². The minimum absolute atomic E-state index is 0.131. The lowest BCUT2D eigenvalue weighted by Gasteiger charge is -2.18. The van der Waals surface area contributed by atoms with Gasteiger partial charge in [-0.1, -0.05) is 6.07 Å². The van der Waals surface area contributed by atoms with Gasteiger partial charge in [0.2, 0.25) is 0 Å². The second-order valence-corrected chi connectivity index (χ2v) is 4.86. The van der Waals surface area contributed by atoms with E-state index in [4.69, 9.17) is 15.2 Å². The lowest BCUT2D eigenvalue weighted by molar-refractivity contribution is -0.137. The minimum atomic E-state index is -4.37. The smallest absolute Gasteiger partial charge is 0.416 e. The number of hydrogen-bond donors (Lipinski definition) is 1. The van der Waals surface area contributed by atoms with Crippen molar-refractivity contribution in [1.82, 2.24) is 0 Å². The maximum absolute atomic E-state index is 12.5. The summed E-state index contributed by atoms with van der Waals surface area (Å²) in [5.74, 6) is 0.180. The first-order valence-electron chi connectivity index (χ1n) is 6.07. The van der Waals surface area contributed by atoms with Crippen LogP contribution < -0.4 is 10.5 Å². The predicted molar refractivity (Wildman–Crippen MR) is 67.5 cm³/mol. The Morgan fingerprint density at radius 1 is 1.45 bits per heavy atom. The number of hydrogen-bond acceptors (Lipinski definition) is 4. The summed E-state index contributed by atoms with van der Waals surface area (Å²) >= 11 is 0. The molecule has 2 rings (SSSR count). The van der Waals surface area contributed by atoms with Crippen molar-refractivity contribution in [2.75, 3.05) is 13.2 Å². The fourth-order valence-electron chi connectivity index (χ4n) is 1.84. The van der Waals surface area contributed by atoms with Gasteiger partial charge < -0.3 is 15.2 Å². The molecule has 7 heteroatoms. The van der Waals surface area contributed by atoms with E-state index in [1.54, 1.807) is 0 Å². The molecule has 1 aliphatic rings. The Kier molecular flexibility index (Phi) is 3.78. The number of halogens is 3. The number of ether oxygens (including phenoxy) is 2. The summed E-state index contributed by atoms with van der Waals surface area (Å²) < 4.78 is 48.0. The molecular formula is C13H15F3N2O2. The zero-order chi connectivity index (χ0) is 14.8. The molecule has 0 fully saturated rings. The maximum Gasteiger partial charge on any atom is 0.416 e. The largest absolute Gasteiger partial charge is 0.493 e. The molecule has 0 bridgehead atoms. The molecule has 4 nitrogen and oxygen atoms in total. The number of aliphatic imine (C=N–C) groups is 1. The van der Waals surface area contributed by atoms with Crippen LogP contribution in [0.4, 0.5) is 13.2 Å². The molecule has 0 unspecified atom stereocenters. The zero-order valence-corrected chi connectivity index (χ0v) is 10.9. The highest BCUT2D eigenvalue weighted by atomic mass is 19.4. The predicted octanol–water partition coefficient (Wildman–Crippen LogP) is 2.58. The van der Waals surface area contributed by atoms with E-state index in [0.29, 0.717) is 13.0 Å². The minimum Gasteiger partial charge on any atom is -0.493 e. The van der Waals surface area contributed by atoms with Crippen LogP contribution in [0.3, 0.4) is 0 Å². The van der Waals surface area contributed by atoms with Crippen LogP contribution in [0.25, 0.3) is 0 Å². The Morgan fingerprint density at radius 3 is 2.80 bits per heavy atom. The van der Waals surface area contributed by atoms with Gasteiger partial charge in [-0.05, 0) is 25.1 Å². The molecule has 0 radical (unpaired) electrons. The van der Waals surface area contributed by atoms with Gasteiger partial charge in [-0.15, -0.1) is 0 Å². The fourth-order valence-corrected chi connectivity index (χ4v) is 1.84.